The molecule has 0 bridgehead atoms. The summed E-state index contributed by atoms with van der Waals surface area (Å²) in [6.45, 7) is 7.28. The molecule has 5 nitrogen and oxygen atoms in total. The maximum absolute atomic E-state index is 12.0. The molecule has 0 aromatic carbocycles. The third-order valence-electron chi connectivity index (χ3n) is 2.81. The Kier molecular flexibility index (Phi) is 4.28. The van der Waals surface area contributed by atoms with Gasteiger partial charge in [-0.25, -0.2) is 0 Å². The predicted molar refractivity (Wildman–Crippen MR) is 65.9 cm³/mol. The van der Waals surface area contributed by atoms with Crippen LogP contribution in [0.2, 0.25) is 0 Å². The van der Waals surface area contributed by atoms with Gasteiger partial charge in [-0.15, -0.1) is 0 Å². The molecule has 2 N–H and O–H groups in total. The molecule has 1 rings (SSSR count). The summed E-state index contributed by atoms with van der Waals surface area (Å²) in [6, 6.07) is -0.0542. The highest BCUT2D eigenvalue weighted by atomic mass is 16.3. The van der Waals surface area contributed by atoms with Crippen molar-refractivity contribution in [3.8, 4) is 0 Å². The van der Waals surface area contributed by atoms with E-state index in [0.29, 0.717) is 12.0 Å². The molecular formula is C12H21N3O2. The molecule has 5 heteroatoms. The van der Waals surface area contributed by atoms with Gasteiger partial charge in [0.2, 0.25) is 0 Å². The second kappa shape index (κ2) is 5.31. The second-order valence-corrected chi connectivity index (χ2v) is 4.63. The van der Waals surface area contributed by atoms with E-state index in [2.05, 4.69) is 10.4 Å². The van der Waals surface area contributed by atoms with E-state index in [-0.39, 0.29) is 11.9 Å². The first-order valence-electron chi connectivity index (χ1n) is 5.82. The average molecular weight is 239 g/mol. The quantitative estimate of drug-likeness (QED) is 0.821. The van der Waals surface area contributed by atoms with Crippen LogP contribution in [0.5, 0.6) is 0 Å². The van der Waals surface area contributed by atoms with Gasteiger partial charge in [-0.3, -0.25) is 9.48 Å². The monoisotopic (exact) mass is 239 g/mol. The minimum atomic E-state index is -0.415. The van der Waals surface area contributed by atoms with Crippen LogP contribution in [-0.2, 0) is 7.05 Å². The molecule has 2 atom stereocenters. The summed E-state index contributed by atoms with van der Waals surface area (Å²) in [6.07, 6.45) is 0.130. The van der Waals surface area contributed by atoms with Crippen molar-refractivity contribution in [2.45, 2.75) is 46.3 Å². The van der Waals surface area contributed by atoms with Gasteiger partial charge in [-0.1, -0.05) is 0 Å². The number of carbonyl (C=O) groups is 1. The SMILES string of the molecule is Cc1nn(C)c(C)c1C(=O)NC(C)CC(C)O. The van der Waals surface area contributed by atoms with Crippen molar-refractivity contribution < 1.29 is 9.90 Å². The van der Waals surface area contributed by atoms with Crippen molar-refractivity contribution in [2.75, 3.05) is 0 Å². The van der Waals surface area contributed by atoms with Crippen LogP contribution < -0.4 is 5.32 Å². The van der Waals surface area contributed by atoms with Crippen molar-refractivity contribution in [1.29, 1.82) is 0 Å². The molecule has 1 heterocycles. The molecule has 0 radical (unpaired) electrons. The summed E-state index contributed by atoms with van der Waals surface area (Å²) in [7, 11) is 1.82. The molecule has 1 aromatic rings. The number of nitrogens with zero attached hydrogens (tertiary/aromatic N) is 2. The number of aryl methyl sites for hydroxylation is 2. The van der Waals surface area contributed by atoms with Crippen LogP contribution in [0.25, 0.3) is 0 Å². The van der Waals surface area contributed by atoms with Gasteiger partial charge in [0, 0.05) is 18.8 Å². The van der Waals surface area contributed by atoms with Crippen molar-refractivity contribution in [2.24, 2.45) is 7.05 Å². The number of amides is 1. The largest absolute Gasteiger partial charge is 0.393 e. The van der Waals surface area contributed by atoms with E-state index in [1.54, 1.807) is 11.6 Å². The Morgan fingerprint density at radius 1 is 1.47 bits per heavy atom. The predicted octanol–water partition coefficient (Wildman–Crippen LogP) is 0.926. The maximum atomic E-state index is 12.0. The van der Waals surface area contributed by atoms with Crippen molar-refractivity contribution in [3.05, 3.63) is 17.0 Å². The minimum Gasteiger partial charge on any atom is -0.393 e. The molecule has 2 unspecified atom stereocenters. The fourth-order valence-corrected chi connectivity index (χ4v) is 1.97. The number of hydrogen-bond donors (Lipinski definition) is 2. The number of aromatic nitrogens is 2. The number of aliphatic hydroxyl groups is 1. The summed E-state index contributed by atoms with van der Waals surface area (Å²) in [5.41, 5.74) is 2.21. The first kappa shape index (κ1) is 13.7. The standard InChI is InChI=1S/C12H21N3O2/c1-7(6-8(2)16)13-12(17)11-9(3)14-15(5)10(11)4/h7-8,16H,6H2,1-5H3,(H,13,17). The molecule has 0 aliphatic heterocycles. The van der Waals surface area contributed by atoms with Crippen LogP contribution >= 0.6 is 0 Å². The third-order valence-corrected chi connectivity index (χ3v) is 2.81. The molecule has 0 aliphatic carbocycles. The van der Waals surface area contributed by atoms with Gasteiger partial charge in [0.15, 0.2) is 0 Å². The van der Waals surface area contributed by atoms with Crippen LogP contribution in [-0.4, -0.2) is 32.9 Å². The summed E-state index contributed by atoms with van der Waals surface area (Å²) in [4.78, 5) is 12.0. The Bertz CT molecular complexity index is 410. The van der Waals surface area contributed by atoms with Crippen molar-refractivity contribution >= 4 is 5.91 Å². The molecule has 0 spiro atoms. The Morgan fingerprint density at radius 2 is 2.06 bits per heavy atom. The Morgan fingerprint density at radius 3 is 2.47 bits per heavy atom. The second-order valence-electron chi connectivity index (χ2n) is 4.63. The Hall–Kier alpha value is -1.36. The summed E-state index contributed by atoms with van der Waals surface area (Å²) < 4.78 is 1.70. The van der Waals surface area contributed by atoms with Gasteiger partial charge < -0.3 is 10.4 Å². The fourth-order valence-electron chi connectivity index (χ4n) is 1.97. The molecule has 1 aromatic heterocycles. The van der Waals surface area contributed by atoms with Crippen LogP contribution in [0, 0.1) is 13.8 Å². The highest BCUT2D eigenvalue weighted by molar-refractivity contribution is 5.96. The maximum Gasteiger partial charge on any atom is 0.255 e. The van der Waals surface area contributed by atoms with Crippen molar-refractivity contribution in [3.63, 3.8) is 0 Å². The third kappa shape index (κ3) is 3.30. The fraction of sp³-hybridized carbons (Fsp3) is 0.667. The highest BCUT2D eigenvalue weighted by Crippen LogP contribution is 2.12. The number of carbonyl (C=O) groups excluding carboxylic acids is 1. The van der Waals surface area contributed by atoms with E-state index in [1.165, 1.54) is 0 Å². The zero-order valence-corrected chi connectivity index (χ0v) is 11.1. The van der Waals surface area contributed by atoms with E-state index in [4.69, 9.17) is 0 Å². The topological polar surface area (TPSA) is 67.2 Å². The molecule has 0 saturated carbocycles. The molecule has 0 aliphatic rings. The molecular weight excluding hydrogens is 218 g/mol. The molecule has 17 heavy (non-hydrogen) atoms. The van der Waals surface area contributed by atoms with Crippen molar-refractivity contribution in [1.82, 2.24) is 15.1 Å². The van der Waals surface area contributed by atoms with Gasteiger partial charge >= 0.3 is 0 Å². The molecule has 0 saturated heterocycles. The van der Waals surface area contributed by atoms with Crippen LogP contribution in [0.1, 0.15) is 42.0 Å². The van der Waals surface area contributed by atoms with Crippen LogP contribution in [0.3, 0.4) is 0 Å². The number of nitrogens with one attached hydrogen (secondary N) is 1. The van der Waals surface area contributed by atoms with Crippen LogP contribution in [0.4, 0.5) is 0 Å². The Balaban J connectivity index is 2.76. The Labute approximate surface area is 102 Å². The zero-order chi connectivity index (χ0) is 13.2. The van der Waals surface area contributed by atoms with E-state index < -0.39 is 6.10 Å². The van der Waals surface area contributed by atoms with Gasteiger partial charge in [0.05, 0.1) is 17.4 Å². The minimum absolute atomic E-state index is 0.0542. The average Bonchev–Trinajstić information content (AvgIpc) is 2.39. The molecule has 1 amide bonds. The first-order valence-corrected chi connectivity index (χ1v) is 5.82. The molecule has 0 fully saturated rings. The van der Waals surface area contributed by atoms with E-state index >= 15 is 0 Å². The van der Waals surface area contributed by atoms with E-state index in [9.17, 15) is 9.90 Å². The normalized spacial score (nSPS) is 14.5. The van der Waals surface area contributed by atoms with Crippen LogP contribution in [0.15, 0.2) is 0 Å². The summed E-state index contributed by atoms with van der Waals surface area (Å²) in [5.74, 6) is -0.124. The number of hydrogen-bond acceptors (Lipinski definition) is 3. The molecule has 96 valence electrons. The lowest BCUT2D eigenvalue weighted by Crippen LogP contribution is -2.35. The van der Waals surface area contributed by atoms with Gasteiger partial charge in [-0.05, 0) is 34.1 Å². The summed E-state index contributed by atoms with van der Waals surface area (Å²) >= 11 is 0. The van der Waals surface area contributed by atoms with Gasteiger partial charge in [0.1, 0.15) is 0 Å². The lowest BCUT2D eigenvalue weighted by molar-refractivity contribution is 0.0921. The number of rotatable bonds is 4. The van der Waals surface area contributed by atoms with E-state index in [0.717, 1.165) is 11.4 Å². The lowest BCUT2D eigenvalue weighted by atomic mass is 10.1. The van der Waals surface area contributed by atoms with Gasteiger partial charge in [0.25, 0.3) is 5.91 Å². The lowest BCUT2D eigenvalue weighted by Gasteiger charge is -2.15. The summed E-state index contributed by atoms with van der Waals surface area (Å²) in [5, 5.41) is 16.3. The first-order chi connectivity index (χ1) is 7.82. The zero-order valence-electron chi connectivity index (χ0n) is 11.1. The van der Waals surface area contributed by atoms with Gasteiger partial charge in [-0.2, -0.15) is 5.10 Å². The number of aliphatic hydroxyl groups excluding tert-OH is 1. The van der Waals surface area contributed by atoms with E-state index in [1.807, 2.05) is 27.8 Å². The smallest absolute Gasteiger partial charge is 0.255 e. The highest BCUT2D eigenvalue weighted by Gasteiger charge is 2.19.